The molecule has 0 radical (unpaired) electrons. The van der Waals surface area contributed by atoms with Crippen LogP contribution in [0.5, 0.6) is 0 Å². The summed E-state index contributed by atoms with van der Waals surface area (Å²) < 4.78 is 50.3. The van der Waals surface area contributed by atoms with Gasteiger partial charge < -0.3 is 0 Å². The summed E-state index contributed by atoms with van der Waals surface area (Å²) in [5.74, 6) is 0.129. The summed E-state index contributed by atoms with van der Waals surface area (Å²) in [5, 5.41) is 5.04. The van der Waals surface area contributed by atoms with E-state index in [1.54, 1.807) is 12.1 Å². The van der Waals surface area contributed by atoms with Gasteiger partial charge in [-0.05, 0) is 35.7 Å². The van der Waals surface area contributed by atoms with Crippen molar-refractivity contribution in [2.75, 3.05) is 4.72 Å². The van der Waals surface area contributed by atoms with Crippen molar-refractivity contribution < 1.29 is 16.8 Å². The molecule has 2 aromatic carbocycles. The molecule has 0 bridgehead atoms. The molecule has 0 saturated carbocycles. The molecule has 0 unspecified atom stereocenters. The second-order valence-corrected chi connectivity index (χ2v) is 8.61. The minimum Gasteiger partial charge on any atom is -0.279 e. The zero-order valence-electron chi connectivity index (χ0n) is 12.7. The molecule has 0 aromatic heterocycles. The van der Waals surface area contributed by atoms with Gasteiger partial charge in [-0.3, -0.25) is 4.72 Å². The standard InChI is InChI=1S/C15H18N2O4S2/c1-11(2)14-8-3-4-9-15(14)17-23(20,21)13-7-5-6-12(10-13)22(16,18)19/h3-11,17H,1-2H3,(H2,16,18,19). The lowest BCUT2D eigenvalue weighted by atomic mass is 10.0. The maximum atomic E-state index is 12.5. The van der Waals surface area contributed by atoms with Crippen LogP contribution >= 0.6 is 0 Å². The van der Waals surface area contributed by atoms with E-state index in [0.29, 0.717) is 5.69 Å². The van der Waals surface area contributed by atoms with E-state index in [1.165, 1.54) is 18.2 Å². The van der Waals surface area contributed by atoms with Crippen molar-refractivity contribution in [2.45, 2.75) is 29.6 Å². The van der Waals surface area contributed by atoms with Crippen LogP contribution in [0.1, 0.15) is 25.3 Å². The van der Waals surface area contributed by atoms with E-state index in [0.717, 1.165) is 11.6 Å². The number of hydrogen-bond acceptors (Lipinski definition) is 4. The minimum atomic E-state index is -3.97. The topological polar surface area (TPSA) is 106 Å². The fourth-order valence-corrected chi connectivity index (χ4v) is 3.88. The van der Waals surface area contributed by atoms with Crippen LogP contribution in [0, 0.1) is 0 Å². The van der Waals surface area contributed by atoms with Crippen LogP contribution in [-0.2, 0) is 20.0 Å². The average molecular weight is 354 g/mol. The molecule has 0 saturated heterocycles. The van der Waals surface area contributed by atoms with E-state index in [1.807, 2.05) is 26.0 Å². The summed E-state index contributed by atoms with van der Waals surface area (Å²) in [6, 6.07) is 12.0. The molecule has 0 aliphatic rings. The lowest BCUT2D eigenvalue weighted by Gasteiger charge is -2.15. The number of nitrogens with one attached hydrogen (secondary N) is 1. The Kier molecular flexibility index (Phi) is 4.79. The number of nitrogens with two attached hydrogens (primary N) is 1. The molecule has 8 heteroatoms. The highest BCUT2D eigenvalue weighted by molar-refractivity contribution is 7.93. The summed E-state index contributed by atoms with van der Waals surface area (Å²) in [7, 11) is -7.89. The van der Waals surface area contributed by atoms with Crippen LogP contribution in [-0.4, -0.2) is 16.8 Å². The van der Waals surface area contributed by atoms with Crippen LogP contribution < -0.4 is 9.86 Å². The van der Waals surface area contributed by atoms with Crippen LogP contribution in [0.2, 0.25) is 0 Å². The van der Waals surface area contributed by atoms with Gasteiger partial charge >= 0.3 is 0 Å². The third-order valence-corrected chi connectivity index (χ3v) is 5.55. The Bertz CT molecular complexity index is 920. The highest BCUT2D eigenvalue weighted by atomic mass is 32.2. The van der Waals surface area contributed by atoms with Gasteiger partial charge in [0.1, 0.15) is 0 Å². The molecule has 2 aromatic rings. The van der Waals surface area contributed by atoms with Gasteiger partial charge in [0, 0.05) is 0 Å². The molecular weight excluding hydrogens is 336 g/mol. The van der Waals surface area contributed by atoms with Crippen molar-refractivity contribution in [3.8, 4) is 0 Å². The smallest absolute Gasteiger partial charge is 0.261 e. The number of hydrogen-bond donors (Lipinski definition) is 2. The molecule has 0 fully saturated rings. The molecule has 0 amide bonds. The predicted molar refractivity (Wildman–Crippen MR) is 89.2 cm³/mol. The van der Waals surface area contributed by atoms with Gasteiger partial charge in [0.2, 0.25) is 10.0 Å². The molecule has 0 aliphatic carbocycles. The molecule has 3 N–H and O–H groups in total. The maximum absolute atomic E-state index is 12.5. The summed E-state index contributed by atoms with van der Waals surface area (Å²) in [5.41, 5.74) is 1.31. The number of anilines is 1. The SMILES string of the molecule is CC(C)c1ccccc1NS(=O)(=O)c1cccc(S(N)(=O)=O)c1. The molecule has 0 heterocycles. The number of primary sulfonamides is 1. The van der Waals surface area contributed by atoms with Crippen molar-refractivity contribution in [3.63, 3.8) is 0 Å². The Hall–Kier alpha value is -1.90. The summed E-state index contributed by atoms with van der Waals surface area (Å²) in [4.78, 5) is -0.417. The Balaban J connectivity index is 2.45. The molecule has 2 rings (SSSR count). The molecule has 0 aliphatic heterocycles. The molecule has 124 valence electrons. The van der Waals surface area contributed by atoms with Gasteiger partial charge in [0.15, 0.2) is 0 Å². The van der Waals surface area contributed by atoms with Gasteiger partial charge in [-0.25, -0.2) is 22.0 Å². The Morgan fingerprint density at radius 2 is 1.52 bits per heavy atom. The first-order chi connectivity index (χ1) is 10.6. The van der Waals surface area contributed by atoms with E-state index in [4.69, 9.17) is 5.14 Å². The minimum absolute atomic E-state index is 0.129. The fraction of sp³-hybridized carbons (Fsp3) is 0.200. The molecule has 6 nitrogen and oxygen atoms in total. The molecule has 0 spiro atoms. The Morgan fingerprint density at radius 1 is 0.913 bits per heavy atom. The second-order valence-electron chi connectivity index (χ2n) is 5.37. The van der Waals surface area contributed by atoms with E-state index in [-0.39, 0.29) is 15.7 Å². The summed E-state index contributed by atoms with van der Waals surface area (Å²) >= 11 is 0. The second kappa shape index (κ2) is 6.31. The van der Waals surface area contributed by atoms with Gasteiger partial charge in [0.25, 0.3) is 10.0 Å². The zero-order valence-corrected chi connectivity index (χ0v) is 14.4. The van der Waals surface area contributed by atoms with Crippen molar-refractivity contribution >= 4 is 25.7 Å². The quantitative estimate of drug-likeness (QED) is 0.859. The predicted octanol–water partition coefficient (Wildman–Crippen LogP) is 2.26. The monoisotopic (exact) mass is 354 g/mol. The van der Waals surface area contributed by atoms with Gasteiger partial charge in [0.05, 0.1) is 15.5 Å². The Morgan fingerprint density at radius 3 is 2.13 bits per heavy atom. The van der Waals surface area contributed by atoms with E-state index < -0.39 is 20.0 Å². The summed E-state index contributed by atoms with van der Waals surface area (Å²) in [6.45, 7) is 3.91. The van der Waals surface area contributed by atoms with Gasteiger partial charge in [-0.1, -0.05) is 38.1 Å². The fourth-order valence-electron chi connectivity index (χ4n) is 2.12. The zero-order chi connectivity index (χ0) is 17.3. The first kappa shape index (κ1) is 17.5. The maximum Gasteiger partial charge on any atom is 0.261 e. The normalized spacial score (nSPS) is 12.3. The van der Waals surface area contributed by atoms with Crippen LogP contribution in [0.15, 0.2) is 58.3 Å². The number of benzene rings is 2. The van der Waals surface area contributed by atoms with Crippen molar-refractivity contribution in [1.82, 2.24) is 0 Å². The van der Waals surface area contributed by atoms with Gasteiger partial charge in [-0.15, -0.1) is 0 Å². The summed E-state index contributed by atoms with van der Waals surface area (Å²) in [6.07, 6.45) is 0. The van der Waals surface area contributed by atoms with Gasteiger partial charge in [-0.2, -0.15) is 0 Å². The number of sulfonamides is 2. The van der Waals surface area contributed by atoms with E-state index >= 15 is 0 Å². The van der Waals surface area contributed by atoms with Crippen molar-refractivity contribution in [3.05, 3.63) is 54.1 Å². The largest absolute Gasteiger partial charge is 0.279 e. The van der Waals surface area contributed by atoms with Crippen LogP contribution in [0.3, 0.4) is 0 Å². The third kappa shape index (κ3) is 4.10. The molecular formula is C15H18N2O4S2. The lowest BCUT2D eigenvalue weighted by molar-refractivity contribution is 0.597. The lowest BCUT2D eigenvalue weighted by Crippen LogP contribution is -2.16. The van der Waals surface area contributed by atoms with Crippen LogP contribution in [0.25, 0.3) is 0 Å². The molecule has 23 heavy (non-hydrogen) atoms. The first-order valence-electron chi connectivity index (χ1n) is 6.86. The highest BCUT2D eigenvalue weighted by Crippen LogP contribution is 2.26. The highest BCUT2D eigenvalue weighted by Gasteiger charge is 2.19. The first-order valence-corrected chi connectivity index (χ1v) is 9.89. The number of para-hydroxylation sites is 1. The van der Waals surface area contributed by atoms with E-state index in [9.17, 15) is 16.8 Å². The van der Waals surface area contributed by atoms with Crippen LogP contribution in [0.4, 0.5) is 5.69 Å². The Labute approximate surface area is 136 Å². The van der Waals surface area contributed by atoms with Crippen molar-refractivity contribution in [2.24, 2.45) is 5.14 Å². The third-order valence-electron chi connectivity index (χ3n) is 3.27. The number of rotatable bonds is 5. The van der Waals surface area contributed by atoms with E-state index in [2.05, 4.69) is 4.72 Å². The molecule has 0 atom stereocenters. The average Bonchev–Trinajstić information content (AvgIpc) is 2.46. The van der Waals surface area contributed by atoms with Crippen molar-refractivity contribution in [1.29, 1.82) is 0 Å².